The predicted molar refractivity (Wildman–Crippen MR) is 106 cm³/mol. The zero-order valence-electron chi connectivity index (χ0n) is 14.7. The summed E-state index contributed by atoms with van der Waals surface area (Å²) in [4.78, 5) is 0. The van der Waals surface area contributed by atoms with Gasteiger partial charge in [0.1, 0.15) is 12.4 Å². The molecule has 0 bridgehead atoms. The molecule has 9 heteroatoms. The molecule has 2 aromatic carbocycles. The monoisotopic (exact) mass is 404 g/mol. The Morgan fingerprint density at radius 2 is 1.89 bits per heavy atom. The normalized spacial score (nSPS) is 10.9. The molecular weight excluding hydrogens is 388 g/mol. The lowest BCUT2D eigenvalue weighted by molar-refractivity contribution is 0.290. The molecule has 0 aliphatic heterocycles. The summed E-state index contributed by atoms with van der Waals surface area (Å²) < 4.78 is 18.1. The molecule has 3 rings (SSSR count). The third kappa shape index (κ3) is 4.66. The van der Waals surface area contributed by atoms with Crippen LogP contribution >= 0.6 is 23.8 Å². The number of hydrogen-bond acceptors (Lipinski definition) is 6. The number of nitrogens with zero attached hydrogens (tertiary/aromatic N) is 3. The first-order valence-electron chi connectivity index (χ1n) is 7.91. The Bertz CT molecular complexity index is 999. The van der Waals surface area contributed by atoms with Gasteiger partial charge in [-0.3, -0.25) is 0 Å². The van der Waals surface area contributed by atoms with E-state index in [1.54, 1.807) is 50.8 Å². The van der Waals surface area contributed by atoms with Gasteiger partial charge in [0.15, 0.2) is 17.3 Å². The molecule has 0 radical (unpaired) electrons. The molecule has 1 heterocycles. The third-order valence-electron chi connectivity index (χ3n) is 3.63. The third-order valence-corrected chi connectivity index (χ3v) is 4.15. The van der Waals surface area contributed by atoms with E-state index < -0.39 is 0 Å². The van der Waals surface area contributed by atoms with Crippen molar-refractivity contribution in [2.24, 2.45) is 5.10 Å². The average molecular weight is 405 g/mol. The summed E-state index contributed by atoms with van der Waals surface area (Å²) in [7, 11) is 3.17. The molecule has 0 unspecified atom stereocenters. The minimum absolute atomic E-state index is 0.193. The zero-order chi connectivity index (χ0) is 19.2. The molecule has 27 heavy (non-hydrogen) atoms. The van der Waals surface area contributed by atoms with Crippen LogP contribution in [0.5, 0.6) is 17.2 Å². The van der Waals surface area contributed by atoms with Crippen LogP contribution in [0.1, 0.15) is 11.4 Å². The summed E-state index contributed by atoms with van der Waals surface area (Å²) >= 11 is 11.1. The molecule has 0 saturated heterocycles. The lowest BCUT2D eigenvalue weighted by Gasteiger charge is -2.07. The number of hydrogen-bond donors (Lipinski definition) is 1. The van der Waals surface area contributed by atoms with E-state index in [1.165, 1.54) is 4.68 Å². The van der Waals surface area contributed by atoms with Crippen molar-refractivity contribution in [3.63, 3.8) is 0 Å². The first-order chi connectivity index (χ1) is 13.1. The highest BCUT2D eigenvalue weighted by Crippen LogP contribution is 2.26. The molecule has 0 amide bonds. The van der Waals surface area contributed by atoms with Crippen molar-refractivity contribution < 1.29 is 14.2 Å². The van der Waals surface area contributed by atoms with Crippen LogP contribution in [0, 0.1) is 4.77 Å². The molecule has 0 spiro atoms. The van der Waals surface area contributed by atoms with Crippen molar-refractivity contribution in [2.45, 2.75) is 6.61 Å². The van der Waals surface area contributed by atoms with Crippen molar-refractivity contribution >= 4 is 30.0 Å². The fraction of sp³-hybridized carbons (Fsp3) is 0.167. The minimum Gasteiger partial charge on any atom is -0.493 e. The van der Waals surface area contributed by atoms with Gasteiger partial charge in [0.25, 0.3) is 0 Å². The molecule has 1 aromatic heterocycles. The van der Waals surface area contributed by atoms with Gasteiger partial charge in [-0.25, -0.2) is 5.10 Å². The standard InChI is InChI=1S/C18H17ClN4O3S/c1-24-15-8-3-12(9-16(15)25-2)10-20-23-17(21-22-18(23)27)11-26-14-6-4-13(19)5-7-14/h3-10H,11H2,1-2H3,(H,22,27)/b20-10-. The second-order valence-electron chi connectivity index (χ2n) is 5.36. The Kier molecular flexibility index (Phi) is 6.10. The van der Waals surface area contributed by atoms with E-state index in [1.807, 2.05) is 12.1 Å². The summed E-state index contributed by atoms with van der Waals surface area (Å²) in [6.45, 7) is 0.193. The fourth-order valence-electron chi connectivity index (χ4n) is 2.27. The Balaban J connectivity index is 1.77. The number of rotatable bonds is 7. The Morgan fingerprint density at radius 3 is 2.59 bits per heavy atom. The van der Waals surface area contributed by atoms with Crippen LogP contribution in [0.2, 0.25) is 5.02 Å². The van der Waals surface area contributed by atoms with Crippen LogP contribution in [0.4, 0.5) is 0 Å². The van der Waals surface area contributed by atoms with Gasteiger partial charge in [-0.2, -0.15) is 14.9 Å². The van der Waals surface area contributed by atoms with Gasteiger partial charge >= 0.3 is 0 Å². The van der Waals surface area contributed by atoms with Gasteiger partial charge in [-0.05, 0) is 60.2 Å². The topological polar surface area (TPSA) is 73.7 Å². The van der Waals surface area contributed by atoms with Crippen LogP contribution in [-0.2, 0) is 6.61 Å². The number of aromatic nitrogens is 3. The van der Waals surface area contributed by atoms with E-state index in [0.29, 0.717) is 32.9 Å². The summed E-state index contributed by atoms with van der Waals surface area (Å²) in [5.74, 6) is 2.46. The summed E-state index contributed by atoms with van der Waals surface area (Å²) in [5.41, 5.74) is 0.820. The van der Waals surface area contributed by atoms with Crippen molar-refractivity contribution in [3.8, 4) is 17.2 Å². The van der Waals surface area contributed by atoms with E-state index in [-0.39, 0.29) is 6.61 Å². The van der Waals surface area contributed by atoms with Crippen molar-refractivity contribution in [3.05, 3.63) is 63.6 Å². The van der Waals surface area contributed by atoms with Crippen molar-refractivity contribution in [1.29, 1.82) is 0 Å². The predicted octanol–water partition coefficient (Wildman–Crippen LogP) is 4.07. The second kappa shape index (κ2) is 8.70. The molecule has 0 atom stereocenters. The smallest absolute Gasteiger partial charge is 0.216 e. The summed E-state index contributed by atoms with van der Waals surface area (Å²) in [6.07, 6.45) is 1.65. The van der Waals surface area contributed by atoms with Crippen LogP contribution in [0.3, 0.4) is 0 Å². The zero-order valence-corrected chi connectivity index (χ0v) is 16.3. The number of H-pyrrole nitrogens is 1. The van der Waals surface area contributed by atoms with Crippen LogP contribution in [-0.4, -0.2) is 35.3 Å². The van der Waals surface area contributed by atoms with Gasteiger partial charge in [0.05, 0.1) is 20.4 Å². The Hall–Kier alpha value is -2.84. The van der Waals surface area contributed by atoms with Gasteiger partial charge in [0, 0.05) is 5.02 Å². The lowest BCUT2D eigenvalue weighted by atomic mass is 10.2. The van der Waals surface area contributed by atoms with Gasteiger partial charge in [-0.15, -0.1) is 0 Å². The van der Waals surface area contributed by atoms with E-state index in [0.717, 1.165) is 5.56 Å². The van der Waals surface area contributed by atoms with E-state index >= 15 is 0 Å². The fourth-order valence-corrected chi connectivity index (χ4v) is 2.60. The molecule has 0 aliphatic carbocycles. The van der Waals surface area contributed by atoms with Crippen LogP contribution in [0.25, 0.3) is 0 Å². The maximum atomic E-state index is 5.87. The lowest BCUT2D eigenvalue weighted by Crippen LogP contribution is -2.04. The number of halogens is 1. The molecule has 7 nitrogen and oxygen atoms in total. The minimum atomic E-state index is 0.193. The molecule has 140 valence electrons. The van der Waals surface area contributed by atoms with Gasteiger partial charge < -0.3 is 14.2 Å². The van der Waals surface area contributed by atoms with E-state index in [4.69, 9.17) is 38.0 Å². The number of nitrogens with one attached hydrogen (secondary N) is 1. The molecule has 3 aromatic rings. The van der Waals surface area contributed by atoms with Crippen LogP contribution in [0.15, 0.2) is 47.6 Å². The molecule has 0 saturated carbocycles. The number of ether oxygens (including phenoxy) is 3. The van der Waals surface area contributed by atoms with Gasteiger partial charge in [-0.1, -0.05) is 11.6 Å². The van der Waals surface area contributed by atoms with E-state index in [9.17, 15) is 0 Å². The number of methoxy groups -OCH3 is 2. The second-order valence-corrected chi connectivity index (χ2v) is 6.18. The number of benzene rings is 2. The summed E-state index contributed by atoms with van der Waals surface area (Å²) in [6, 6.07) is 12.5. The molecule has 0 aliphatic rings. The van der Waals surface area contributed by atoms with Crippen molar-refractivity contribution in [1.82, 2.24) is 14.9 Å². The Morgan fingerprint density at radius 1 is 1.15 bits per heavy atom. The average Bonchev–Trinajstić information content (AvgIpc) is 3.05. The van der Waals surface area contributed by atoms with Crippen molar-refractivity contribution in [2.75, 3.05) is 14.2 Å². The molecule has 1 N–H and O–H groups in total. The maximum absolute atomic E-state index is 5.87. The van der Waals surface area contributed by atoms with E-state index in [2.05, 4.69) is 15.3 Å². The largest absolute Gasteiger partial charge is 0.493 e. The molecule has 0 fully saturated rings. The highest BCUT2D eigenvalue weighted by molar-refractivity contribution is 7.71. The first kappa shape index (κ1) is 18.9. The highest BCUT2D eigenvalue weighted by Gasteiger charge is 2.07. The van der Waals surface area contributed by atoms with Crippen LogP contribution < -0.4 is 14.2 Å². The number of aromatic amines is 1. The first-order valence-corrected chi connectivity index (χ1v) is 8.70. The summed E-state index contributed by atoms with van der Waals surface area (Å²) in [5, 5.41) is 11.9. The quantitative estimate of drug-likeness (QED) is 0.474. The van der Waals surface area contributed by atoms with Gasteiger partial charge in [0.2, 0.25) is 4.77 Å². The Labute approximate surface area is 166 Å². The highest BCUT2D eigenvalue weighted by atomic mass is 35.5. The molecular formula is C18H17ClN4O3S. The SMILES string of the molecule is COc1ccc(/C=N\n2c(COc3ccc(Cl)cc3)n[nH]c2=S)cc1OC. The maximum Gasteiger partial charge on any atom is 0.216 e.